The van der Waals surface area contributed by atoms with Crippen LogP contribution in [-0.2, 0) is 6.61 Å². The summed E-state index contributed by atoms with van der Waals surface area (Å²) >= 11 is 6.10. The molecule has 0 aliphatic carbocycles. The first-order valence-electron chi connectivity index (χ1n) is 7.19. The molecule has 2 N–H and O–H groups in total. The summed E-state index contributed by atoms with van der Waals surface area (Å²) in [6.45, 7) is 4.36. The lowest BCUT2D eigenvalue weighted by Gasteiger charge is -2.08. The van der Waals surface area contributed by atoms with Crippen LogP contribution in [0.5, 0.6) is 5.75 Å². The van der Waals surface area contributed by atoms with E-state index in [0.717, 1.165) is 28.4 Å². The molecule has 5 nitrogen and oxygen atoms in total. The summed E-state index contributed by atoms with van der Waals surface area (Å²) < 4.78 is 7.75. The zero-order valence-electron chi connectivity index (χ0n) is 13.0. The number of anilines is 1. The predicted molar refractivity (Wildman–Crippen MR) is 91.0 cm³/mol. The highest BCUT2D eigenvalue weighted by molar-refractivity contribution is 6.33. The van der Waals surface area contributed by atoms with Crippen LogP contribution in [0.15, 0.2) is 42.7 Å². The van der Waals surface area contributed by atoms with E-state index in [1.54, 1.807) is 24.5 Å². The summed E-state index contributed by atoms with van der Waals surface area (Å²) in [5.41, 5.74) is 9.95. The van der Waals surface area contributed by atoms with Gasteiger partial charge in [-0.1, -0.05) is 11.6 Å². The summed E-state index contributed by atoms with van der Waals surface area (Å²) in [5.74, 6) is 0.773. The highest BCUT2D eigenvalue weighted by atomic mass is 35.5. The summed E-state index contributed by atoms with van der Waals surface area (Å²) in [7, 11) is 0. The number of halogens is 1. The summed E-state index contributed by atoms with van der Waals surface area (Å²) in [4.78, 5) is 4.00. The van der Waals surface area contributed by atoms with Crippen molar-refractivity contribution in [1.82, 2.24) is 14.8 Å². The Balaban J connectivity index is 1.88. The van der Waals surface area contributed by atoms with Gasteiger partial charge in [-0.2, -0.15) is 5.10 Å². The first-order valence-corrected chi connectivity index (χ1v) is 7.57. The average molecular weight is 329 g/mol. The van der Waals surface area contributed by atoms with E-state index < -0.39 is 0 Å². The number of ether oxygens (including phenoxy) is 1. The molecule has 2 heterocycles. The molecule has 3 rings (SSSR count). The second-order valence-corrected chi connectivity index (χ2v) is 5.67. The van der Waals surface area contributed by atoms with E-state index in [1.165, 1.54) is 0 Å². The minimum absolute atomic E-state index is 0.471. The fourth-order valence-electron chi connectivity index (χ4n) is 2.37. The van der Waals surface area contributed by atoms with Crippen LogP contribution < -0.4 is 10.5 Å². The molecule has 0 bridgehead atoms. The Bertz CT molecular complexity index is 830. The first-order chi connectivity index (χ1) is 11.1. The molecule has 0 radical (unpaired) electrons. The maximum Gasteiger partial charge on any atom is 0.163 e. The lowest BCUT2D eigenvalue weighted by molar-refractivity contribution is 0.301. The topological polar surface area (TPSA) is 66.0 Å². The average Bonchev–Trinajstić information content (AvgIpc) is 2.84. The Morgan fingerprint density at radius 3 is 2.61 bits per heavy atom. The van der Waals surface area contributed by atoms with Crippen LogP contribution in [0, 0.1) is 13.8 Å². The van der Waals surface area contributed by atoms with Crippen molar-refractivity contribution in [3.8, 4) is 11.4 Å². The number of aryl methyl sites for hydroxylation is 1. The number of rotatable bonds is 4. The second-order valence-electron chi connectivity index (χ2n) is 5.26. The number of nitrogen functional groups attached to an aromatic ring is 1. The Hall–Kier alpha value is -2.53. The van der Waals surface area contributed by atoms with Crippen molar-refractivity contribution in [3.05, 3.63) is 64.7 Å². The van der Waals surface area contributed by atoms with Crippen molar-refractivity contribution >= 4 is 17.3 Å². The molecule has 6 heteroatoms. The van der Waals surface area contributed by atoms with Gasteiger partial charge in [0.2, 0.25) is 0 Å². The fraction of sp³-hybridized carbons (Fsp3) is 0.176. The molecule has 0 aliphatic heterocycles. The summed E-state index contributed by atoms with van der Waals surface area (Å²) in [6.07, 6.45) is 3.50. The van der Waals surface area contributed by atoms with Crippen molar-refractivity contribution in [2.24, 2.45) is 0 Å². The number of hydrogen-bond donors (Lipinski definition) is 1. The molecule has 0 saturated heterocycles. The first kappa shape index (κ1) is 15.4. The fourth-order valence-corrected chi connectivity index (χ4v) is 2.55. The van der Waals surface area contributed by atoms with E-state index in [4.69, 9.17) is 22.1 Å². The van der Waals surface area contributed by atoms with Crippen LogP contribution >= 0.6 is 11.6 Å². The standard InChI is InChI=1S/C17H17ClN4O/c1-11-17(23-10-13-5-7-20-8-6-13)12(2)22(21-11)14-3-4-16(19)15(18)9-14/h3-9H,10,19H2,1-2H3. The van der Waals surface area contributed by atoms with Crippen molar-refractivity contribution in [2.45, 2.75) is 20.5 Å². The minimum atomic E-state index is 0.471. The SMILES string of the molecule is Cc1nn(-c2ccc(N)c(Cl)c2)c(C)c1OCc1ccncc1. The quantitative estimate of drug-likeness (QED) is 0.742. The molecule has 1 aromatic carbocycles. The van der Waals surface area contributed by atoms with Crippen LogP contribution in [0.4, 0.5) is 5.69 Å². The third-order valence-electron chi connectivity index (χ3n) is 3.59. The van der Waals surface area contributed by atoms with Crippen molar-refractivity contribution in [3.63, 3.8) is 0 Å². The lowest BCUT2D eigenvalue weighted by atomic mass is 10.2. The summed E-state index contributed by atoms with van der Waals surface area (Å²) in [5, 5.41) is 5.05. The number of benzene rings is 1. The minimum Gasteiger partial charge on any atom is -0.485 e. The molecule has 0 aliphatic rings. The van der Waals surface area contributed by atoms with Gasteiger partial charge in [0, 0.05) is 12.4 Å². The van der Waals surface area contributed by atoms with Gasteiger partial charge in [-0.3, -0.25) is 4.98 Å². The van der Waals surface area contributed by atoms with Gasteiger partial charge < -0.3 is 10.5 Å². The van der Waals surface area contributed by atoms with Crippen molar-refractivity contribution in [1.29, 1.82) is 0 Å². The predicted octanol–water partition coefficient (Wildman–Crippen LogP) is 3.70. The molecule has 2 aromatic heterocycles. The molecular weight excluding hydrogens is 312 g/mol. The van der Waals surface area contributed by atoms with Crippen LogP contribution in [0.25, 0.3) is 5.69 Å². The normalized spacial score (nSPS) is 10.7. The van der Waals surface area contributed by atoms with E-state index in [-0.39, 0.29) is 0 Å². The molecule has 0 saturated carbocycles. The lowest BCUT2D eigenvalue weighted by Crippen LogP contribution is -2.01. The maximum absolute atomic E-state index is 6.10. The van der Waals surface area contributed by atoms with Gasteiger partial charge in [-0.15, -0.1) is 0 Å². The van der Waals surface area contributed by atoms with Gasteiger partial charge in [0.05, 0.1) is 22.1 Å². The molecule has 23 heavy (non-hydrogen) atoms. The molecule has 0 spiro atoms. The van der Waals surface area contributed by atoms with Crippen LogP contribution in [0.1, 0.15) is 17.0 Å². The smallest absolute Gasteiger partial charge is 0.163 e. The van der Waals surface area contributed by atoms with Gasteiger partial charge >= 0.3 is 0 Å². The third kappa shape index (κ3) is 3.14. The third-order valence-corrected chi connectivity index (χ3v) is 3.91. The zero-order valence-corrected chi connectivity index (χ0v) is 13.7. The molecule has 118 valence electrons. The van der Waals surface area contributed by atoms with Gasteiger partial charge in [-0.25, -0.2) is 4.68 Å². The van der Waals surface area contributed by atoms with Crippen molar-refractivity contribution in [2.75, 3.05) is 5.73 Å². The molecule has 0 unspecified atom stereocenters. The van der Waals surface area contributed by atoms with Gasteiger partial charge in [0.25, 0.3) is 0 Å². The highest BCUT2D eigenvalue weighted by Crippen LogP contribution is 2.28. The number of hydrogen-bond acceptors (Lipinski definition) is 4. The number of nitrogens with zero attached hydrogens (tertiary/aromatic N) is 3. The Morgan fingerprint density at radius 2 is 1.91 bits per heavy atom. The van der Waals surface area contributed by atoms with Crippen LogP contribution in [0.3, 0.4) is 0 Å². The Kier molecular flexibility index (Phi) is 4.21. The Morgan fingerprint density at radius 1 is 1.17 bits per heavy atom. The second kappa shape index (κ2) is 6.30. The van der Waals surface area contributed by atoms with Gasteiger partial charge in [0.1, 0.15) is 12.3 Å². The largest absolute Gasteiger partial charge is 0.485 e. The van der Waals surface area contributed by atoms with Crippen LogP contribution in [0.2, 0.25) is 5.02 Å². The van der Waals surface area contributed by atoms with Crippen molar-refractivity contribution < 1.29 is 4.74 Å². The van der Waals surface area contributed by atoms with E-state index in [2.05, 4.69) is 10.1 Å². The zero-order chi connectivity index (χ0) is 16.4. The molecular formula is C17H17ClN4O. The van der Waals surface area contributed by atoms with E-state index in [1.807, 2.05) is 36.7 Å². The number of pyridine rings is 1. The van der Waals surface area contributed by atoms with Gasteiger partial charge in [-0.05, 0) is 49.7 Å². The molecule has 0 atom stereocenters. The van der Waals surface area contributed by atoms with E-state index >= 15 is 0 Å². The number of nitrogens with two attached hydrogens (primary N) is 1. The molecule has 3 aromatic rings. The maximum atomic E-state index is 6.10. The summed E-state index contributed by atoms with van der Waals surface area (Å²) in [6, 6.07) is 9.30. The van der Waals surface area contributed by atoms with Gasteiger partial charge in [0.15, 0.2) is 5.75 Å². The molecule has 0 amide bonds. The monoisotopic (exact) mass is 328 g/mol. The van der Waals surface area contributed by atoms with Crippen LogP contribution in [-0.4, -0.2) is 14.8 Å². The van der Waals surface area contributed by atoms with E-state index in [9.17, 15) is 0 Å². The molecule has 0 fully saturated rings. The van der Waals surface area contributed by atoms with E-state index in [0.29, 0.717) is 17.3 Å². The Labute approximate surface area is 139 Å². The highest BCUT2D eigenvalue weighted by Gasteiger charge is 2.15. The number of aromatic nitrogens is 3.